The van der Waals surface area contributed by atoms with Crippen LogP contribution in [-0.4, -0.2) is 9.97 Å². The van der Waals surface area contributed by atoms with Gasteiger partial charge in [-0.05, 0) is 110 Å². The minimum absolute atomic E-state index is 0.643. The highest BCUT2D eigenvalue weighted by Crippen LogP contribution is 2.38. The monoisotopic (exact) mass is 666 g/mol. The van der Waals surface area contributed by atoms with Crippen LogP contribution in [0, 0.1) is 0 Å². The smallest absolute Gasteiger partial charge is 0.138 e. The predicted molar refractivity (Wildman–Crippen MR) is 202 cm³/mol. The van der Waals surface area contributed by atoms with E-state index in [1.54, 1.807) is 0 Å². The third-order valence-electron chi connectivity index (χ3n) is 8.29. The maximum atomic E-state index is 6.39. The maximum absolute atomic E-state index is 6.39. The van der Waals surface area contributed by atoms with Gasteiger partial charge in [0.25, 0.3) is 0 Å². The lowest BCUT2D eigenvalue weighted by molar-refractivity contribution is 0.398. The van der Waals surface area contributed by atoms with E-state index in [2.05, 4.69) is 11.1 Å². The molecule has 248 valence electrons. The van der Waals surface area contributed by atoms with Gasteiger partial charge in [-0.1, -0.05) is 66.7 Å². The molecule has 6 heteroatoms. The van der Waals surface area contributed by atoms with E-state index in [9.17, 15) is 0 Å². The molecule has 1 aliphatic rings. The molecule has 0 saturated heterocycles. The second kappa shape index (κ2) is 14.8. The van der Waals surface area contributed by atoms with Crippen LogP contribution in [0.3, 0.4) is 0 Å². The number of para-hydroxylation sites is 3. The molecule has 0 unspecified atom stereocenters. The van der Waals surface area contributed by atoms with Crippen molar-refractivity contribution >= 4 is 0 Å². The maximum Gasteiger partial charge on any atom is 0.138 e. The summed E-state index contributed by atoms with van der Waals surface area (Å²) in [5.74, 6) is 6.67. The number of nitrogens with one attached hydrogen (secondary N) is 1. The number of allylic oxidation sites excluding steroid dienone is 4. The van der Waals surface area contributed by atoms with Crippen molar-refractivity contribution in [2.45, 2.75) is 12.8 Å². The first-order valence-electron chi connectivity index (χ1n) is 16.9. The molecule has 0 saturated carbocycles. The zero-order valence-electron chi connectivity index (χ0n) is 27.7. The number of imidazole rings is 1. The van der Waals surface area contributed by atoms with Crippen LogP contribution in [0.4, 0.5) is 0 Å². The molecule has 0 amide bonds. The van der Waals surface area contributed by atoms with Crippen LogP contribution in [0.15, 0.2) is 182 Å². The van der Waals surface area contributed by atoms with Crippen LogP contribution in [-0.2, 0) is 0 Å². The molecule has 0 atom stereocenters. The van der Waals surface area contributed by atoms with Crippen LogP contribution < -0.4 is 18.9 Å². The van der Waals surface area contributed by atoms with E-state index in [4.69, 9.17) is 23.9 Å². The summed E-state index contributed by atoms with van der Waals surface area (Å²) in [7, 11) is 0. The summed E-state index contributed by atoms with van der Waals surface area (Å²) in [4.78, 5) is 8.84. The van der Waals surface area contributed by atoms with Gasteiger partial charge < -0.3 is 23.9 Å². The fraction of sp³-hybridized carbons (Fsp3) is 0.0444. The molecule has 1 heterocycles. The zero-order valence-corrected chi connectivity index (χ0v) is 27.7. The summed E-state index contributed by atoms with van der Waals surface area (Å²) >= 11 is 0. The summed E-state index contributed by atoms with van der Waals surface area (Å²) in [5.41, 5.74) is 4.38. The molecule has 6 nitrogen and oxygen atoms in total. The Balaban J connectivity index is 1.18. The molecule has 1 aliphatic carbocycles. The number of aromatic nitrogens is 2. The molecule has 0 bridgehead atoms. The van der Waals surface area contributed by atoms with Gasteiger partial charge in [0.2, 0.25) is 0 Å². The highest BCUT2D eigenvalue weighted by atomic mass is 16.5. The molecule has 51 heavy (non-hydrogen) atoms. The number of hydrogen-bond acceptors (Lipinski definition) is 5. The number of ether oxygens (including phenoxy) is 4. The van der Waals surface area contributed by atoms with Gasteiger partial charge in [0.15, 0.2) is 0 Å². The molecule has 6 aromatic carbocycles. The molecule has 8 rings (SSSR count). The first-order valence-corrected chi connectivity index (χ1v) is 16.9. The lowest BCUT2D eigenvalue weighted by Crippen LogP contribution is -1.98. The summed E-state index contributed by atoms with van der Waals surface area (Å²) in [6.45, 7) is 0. The topological polar surface area (TPSA) is 65.6 Å². The molecule has 1 aromatic heterocycles. The van der Waals surface area contributed by atoms with Crippen LogP contribution >= 0.6 is 0 Å². The number of rotatable bonds is 11. The summed E-state index contributed by atoms with van der Waals surface area (Å²) < 4.78 is 24.9. The third-order valence-corrected chi connectivity index (χ3v) is 8.29. The summed E-state index contributed by atoms with van der Waals surface area (Å²) in [6.07, 6.45) is 7.95. The minimum atomic E-state index is 0.643. The average molecular weight is 667 g/mol. The highest BCUT2D eigenvalue weighted by molar-refractivity contribution is 5.82. The molecular weight excluding hydrogens is 633 g/mol. The normalized spacial score (nSPS) is 12.2. The van der Waals surface area contributed by atoms with Gasteiger partial charge in [-0.15, -0.1) is 0 Å². The van der Waals surface area contributed by atoms with Crippen LogP contribution in [0.25, 0.3) is 33.9 Å². The second-order valence-electron chi connectivity index (χ2n) is 12.0. The first-order chi connectivity index (χ1) is 25.2. The number of nitrogens with zero attached hydrogens (tertiary/aromatic N) is 1. The van der Waals surface area contributed by atoms with Crippen molar-refractivity contribution < 1.29 is 18.9 Å². The van der Waals surface area contributed by atoms with E-state index >= 15 is 0 Å². The fourth-order valence-electron chi connectivity index (χ4n) is 5.82. The van der Waals surface area contributed by atoms with Gasteiger partial charge in [0.1, 0.15) is 51.8 Å². The van der Waals surface area contributed by atoms with Crippen molar-refractivity contribution in [1.82, 2.24) is 9.97 Å². The standard InChI is InChI=1S/C45H34N2O4/c1-5-13-35(14-6-1)48-39-25-21-32(22-26-39)43-44(33-23-27-40(28-24-33)49-36-15-7-2-8-16-36)47-45(46-43)34-29-41(50-37-17-9-3-10-18-37)31-42(30-34)51-38-19-11-4-12-20-38/h1-11,13-19,21-31H,12,20H2,(H,46,47). The van der Waals surface area contributed by atoms with E-state index in [0.717, 1.165) is 75.4 Å². The van der Waals surface area contributed by atoms with Gasteiger partial charge in [0.05, 0.1) is 11.4 Å². The first kappa shape index (κ1) is 31.5. The molecular formula is C45H34N2O4. The van der Waals surface area contributed by atoms with Crippen molar-refractivity contribution in [3.63, 3.8) is 0 Å². The quantitative estimate of drug-likeness (QED) is 0.149. The Morgan fingerprint density at radius 3 is 1.47 bits per heavy atom. The molecule has 0 fully saturated rings. The van der Waals surface area contributed by atoms with Gasteiger partial charge in [-0.2, -0.15) is 0 Å². The molecule has 1 N–H and O–H groups in total. The van der Waals surface area contributed by atoms with E-state index < -0.39 is 0 Å². The van der Waals surface area contributed by atoms with E-state index in [0.29, 0.717) is 17.3 Å². The Morgan fingerprint density at radius 1 is 0.451 bits per heavy atom. The lowest BCUT2D eigenvalue weighted by atomic mass is 10.0. The summed E-state index contributed by atoms with van der Waals surface area (Å²) in [5, 5.41) is 0. The number of H-pyrrole nitrogens is 1. The minimum Gasteiger partial charge on any atom is -0.462 e. The Morgan fingerprint density at radius 2 is 0.941 bits per heavy atom. The van der Waals surface area contributed by atoms with Crippen molar-refractivity contribution in [2.24, 2.45) is 0 Å². The van der Waals surface area contributed by atoms with Crippen LogP contribution in [0.1, 0.15) is 12.8 Å². The predicted octanol–water partition coefficient (Wildman–Crippen LogP) is 12.4. The largest absolute Gasteiger partial charge is 0.462 e. The van der Waals surface area contributed by atoms with Gasteiger partial charge in [-0.25, -0.2) is 4.98 Å². The number of aromatic amines is 1. The average Bonchev–Trinajstić information content (AvgIpc) is 3.63. The number of hydrogen-bond donors (Lipinski definition) is 1. The van der Waals surface area contributed by atoms with Gasteiger partial charge >= 0.3 is 0 Å². The molecule has 0 radical (unpaired) electrons. The van der Waals surface area contributed by atoms with Crippen molar-refractivity contribution in [3.05, 3.63) is 182 Å². The van der Waals surface area contributed by atoms with Crippen molar-refractivity contribution in [3.8, 4) is 74.1 Å². The Kier molecular flexibility index (Phi) is 9.11. The van der Waals surface area contributed by atoms with Gasteiger partial charge in [0, 0.05) is 29.2 Å². The van der Waals surface area contributed by atoms with Gasteiger partial charge in [-0.3, -0.25) is 0 Å². The third kappa shape index (κ3) is 7.77. The Bertz CT molecular complexity index is 2180. The lowest BCUT2D eigenvalue weighted by Gasteiger charge is -2.14. The van der Waals surface area contributed by atoms with E-state index in [1.165, 1.54) is 0 Å². The molecule has 0 aliphatic heterocycles. The summed E-state index contributed by atoms with van der Waals surface area (Å²) in [6, 6.07) is 51.1. The van der Waals surface area contributed by atoms with Crippen molar-refractivity contribution in [2.75, 3.05) is 0 Å². The fourth-order valence-corrected chi connectivity index (χ4v) is 5.82. The van der Waals surface area contributed by atoms with E-state index in [-0.39, 0.29) is 0 Å². The van der Waals surface area contributed by atoms with E-state index in [1.807, 2.05) is 170 Å². The second-order valence-corrected chi connectivity index (χ2v) is 12.0. The SMILES string of the molecule is C1=CCCC(Oc2cc(Oc3ccccc3)cc(-c3nc(-c4ccc(Oc5ccccc5)cc4)c(-c4ccc(Oc5ccccc5)cc4)[nH]3)c2)=C1. The Labute approximate surface area is 296 Å². The van der Waals surface area contributed by atoms with Crippen LogP contribution in [0.2, 0.25) is 0 Å². The highest BCUT2D eigenvalue weighted by Gasteiger charge is 2.18. The number of benzene rings is 6. The molecule has 7 aromatic rings. The zero-order chi connectivity index (χ0) is 34.2. The van der Waals surface area contributed by atoms with Crippen LogP contribution in [0.5, 0.6) is 40.2 Å². The molecule has 0 spiro atoms. The Hall–Kier alpha value is -6.79. The van der Waals surface area contributed by atoms with Crippen molar-refractivity contribution in [1.29, 1.82) is 0 Å².